The summed E-state index contributed by atoms with van der Waals surface area (Å²) in [6, 6.07) is 5.20. The fourth-order valence-electron chi connectivity index (χ4n) is 1.52. The third-order valence-electron chi connectivity index (χ3n) is 2.43. The molecule has 0 bridgehead atoms. The molecule has 98 valence electrons. The highest BCUT2D eigenvalue weighted by atomic mass is 16.4. The third kappa shape index (κ3) is 3.15. The molecule has 0 fully saturated rings. The Morgan fingerprint density at radius 2 is 2.21 bits per heavy atom. The summed E-state index contributed by atoms with van der Waals surface area (Å²) in [6.07, 6.45) is 0.627. The highest BCUT2D eigenvalue weighted by Gasteiger charge is 2.11. The van der Waals surface area contributed by atoms with Crippen LogP contribution in [0.2, 0.25) is 0 Å². The van der Waals surface area contributed by atoms with Gasteiger partial charge in [0.1, 0.15) is 6.42 Å². The van der Waals surface area contributed by atoms with Gasteiger partial charge < -0.3 is 14.8 Å². The number of amides is 1. The number of nitrogens with zero attached hydrogens (tertiary/aromatic N) is 2. The number of benzene rings is 1. The molecule has 0 aliphatic carbocycles. The molecule has 0 unspecified atom stereocenters. The van der Waals surface area contributed by atoms with Crippen LogP contribution in [0.5, 0.6) is 0 Å². The first-order valence-corrected chi connectivity index (χ1v) is 5.45. The maximum absolute atomic E-state index is 11.4. The molecule has 1 amide bonds. The van der Waals surface area contributed by atoms with Gasteiger partial charge in [0.05, 0.1) is 0 Å². The van der Waals surface area contributed by atoms with Gasteiger partial charge in [-0.25, -0.2) is 0 Å². The Labute approximate surface area is 108 Å². The lowest BCUT2D eigenvalue weighted by Crippen LogP contribution is -2.16. The fourth-order valence-corrected chi connectivity index (χ4v) is 1.52. The van der Waals surface area contributed by atoms with Gasteiger partial charge in [0.2, 0.25) is 18.2 Å². The lowest BCUT2D eigenvalue weighted by atomic mass is 10.1. The molecule has 0 saturated carbocycles. The number of aryl methyl sites for hydroxylation is 1. The van der Waals surface area contributed by atoms with Gasteiger partial charge >= 0.3 is 5.97 Å². The van der Waals surface area contributed by atoms with Crippen LogP contribution in [-0.2, 0) is 9.59 Å². The van der Waals surface area contributed by atoms with E-state index in [2.05, 4.69) is 15.5 Å². The summed E-state index contributed by atoms with van der Waals surface area (Å²) in [5.74, 6) is -1.43. The van der Waals surface area contributed by atoms with Gasteiger partial charge in [-0.3, -0.25) is 9.59 Å². The molecular formula is C12H11N3O4. The lowest BCUT2D eigenvalue weighted by Gasteiger charge is -2.08. The average molecular weight is 261 g/mol. The van der Waals surface area contributed by atoms with Gasteiger partial charge in [-0.2, -0.15) is 0 Å². The number of carbonyl (C=O) groups excluding carboxylic acids is 1. The lowest BCUT2D eigenvalue weighted by molar-refractivity contribution is -0.139. The van der Waals surface area contributed by atoms with E-state index >= 15 is 0 Å². The Bertz CT molecular complexity index is 607. The average Bonchev–Trinajstić information content (AvgIpc) is 2.84. The smallest absolute Gasteiger partial charge is 0.312 e. The SMILES string of the molecule is Cc1ccc(-c2nnco2)cc1NC(=O)CC(=O)O. The first-order valence-electron chi connectivity index (χ1n) is 5.45. The number of rotatable bonds is 4. The molecule has 2 N–H and O–H groups in total. The predicted molar refractivity (Wildman–Crippen MR) is 65.4 cm³/mol. The zero-order chi connectivity index (χ0) is 13.8. The molecule has 2 rings (SSSR count). The van der Waals surface area contributed by atoms with E-state index in [1.165, 1.54) is 6.39 Å². The van der Waals surface area contributed by atoms with Crippen molar-refractivity contribution in [1.29, 1.82) is 0 Å². The minimum absolute atomic E-state index is 0.328. The summed E-state index contributed by atoms with van der Waals surface area (Å²) in [6.45, 7) is 1.80. The minimum atomic E-state index is -1.18. The van der Waals surface area contributed by atoms with Crippen LogP contribution in [0.4, 0.5) is 5.69 Å². The molecule has 1 aromatic carbocycles. The van der Waals surface area contributed by atoms with Crippen LogP contribution < -0.4 is 5.32 Å². The van der Waals surface area contributed by atoms with Crippen LogP contribution in [0.25, 0.3) is 11.5 Å². The number of hydrogen-bond acceptors (Lipinski definition) is 5. The minimum Gasteiger partial charge on any atom is -0.481 e. The molecule has 1 aromatic heterocycles. The van der Waals surface area contributed by atoms with Crippen molar-refractivity contribution in [2.45, 2.75) is 13.3 Å². The molecule has 0 saturated heterocycles. The molecule has 7 heteroatoms. The predicted octanol–water partition coefficient (Wildman–Crippen LogP) is 1.46. The Morgan fingerprint density at radius 3 is 2.84 bits per heavy atom. The van der Waals surface area contributed by atoms with E-state index in [1.54, 1.807) is 25.1 Å². The molecule has 2 aromatic rings. The molecule has 0 radical (unpaired) electrons. The molecule has 7 nitrogen and oxygen atoms in total. The van der Waals surface area contributed by atoms with Gasteiger partial charge in [-0.15, -0.1) is 10.2 Å². The Morgan fingerprint density at radius 1 is 1.42 bits per heavy atom. The van der Waals surface area contributed by atoms with Gasteiger partial charge in [0.25, 0.3) is 0 Å². The van der Waals surface area contributed by atoms with Crippen LogP contribution >= 0.6 is 0 Å². The zero-order valence-corrected chi connectivity index (χ0v) is 10.1. The summed E-state index contributed by atoms with van der Waals surface area (Å²) in [5.41, 5.74) is 1.97. The van der Waals surface area contributed by atoms with E-state index in [9.17, 15) is 9.59 Å². The first-order chi connectivity index (χ1) is 9.06. The maximum atomic E-state index is 11.4. The number of nitrogens with one attached hydrogen (secondary N) is 1. The second-order valence-electron chi connectivity index (χ2n) is 3.89. The first kappa shape index (κ1) is 12.7. The van der Waals surface area contributed by atoms with Gasteiger partial charge in [-0.1, -0.05) is 6.07 Å². The van der Waals surface area contributed by atoms with Crippen LogP contribution in [0.15, 0.2) is 29.0 Å². The second-order valence-corrected chi connectivity index (χ2v) is 3.89. The van der Waals surface area contributed by atoms with E-state index in [0.717, 1.165) is 5.56 Å². The normalized spacial score (nSPS) is 10.2. The van der Waals surface area contributed by atoms with E-state index in [1.807, 2.05) is 0 Å². The van der Waals surface area contributed by atoms with E-state index in [4.69, 9.17) is 9.52 Å². The highest BCUT2D eigenvalue weighted by molar-refractivity contribution is 6.01. The van der Waals surface area contributed by atoms with Crippen molar-refractivity contribution >= 4 is 17.6 Å². The number of aliphatic carboxylic acids is 1. The summed E-state index contributed by atoms with van der Waals surface area (Å²) in [4.78, 5) is 21.9. The van der Waals surface area contributed by atoms with Crippen LogP contribution in [0, 0.1) is 6.92 Å². The van der Waals surface area contributed by atoms with Crippen molar-refractivity contribution in [1.82, 2.24) is 10.2 Å². The number of anilines is 1. The standard InChI is InChI=1S/C12H11N3O4/c1-7-2-3-8(12-15-13-6-19-12)4-9(7)14-10(16)5-11(17)18/h2-4,6H,5H2,1H3,(H,14,16)(H,17,18). The van der Waals surface area contributed by atoms with Crippen molar-refractivity contribution in [3.8, 4) is 11.5 Å². The quantitative estimate of drug-likeness (QED) is 0.807. The summed E-state index contributed by atoms with van der Waals surface area (Å²) in [7, 11) is 0. The summed E-state index contributed by atoms with van der Waals surface area (Å²) >= 11 is 0. The number of carboxylic acids is 1. The van der Waals surface area contributed by atoms with Crippen molar-refractivity contribution in [2.75, 3.05) is 5.32 Å². The second kappa shape index (κ2) is 5.30. The number of hydrogen-bond donors (Lipinski definition) is 2. The van der Waals surface area contributed by atoms with Gasteiger partial charge in [0.15, 0.2) is 0 Å². The monoisotopic (exact) mass is 261 g/mol. The van der Waals surface area contributed by atoms with Crippen molar-refractivity contribution in [3.63, 3.8) is 0 Å². The van der Waals surface area contributed by atoms with E-state index in [-0.39, 0.29) is 0 Å². The van der Waals surface area contributed by atoms with Crippen molar-refractivity contribution in [2.24, 2.45) is 0 Å². The van der Waals surface area contributed by atoms with Gasteiger partial charge in [0, 0.05) is 11.3 Å². The zero-order valence-electron chi connectivity index (χ0n) is 10.1. The third-order valence-corrected chi connectivity index (χ3v) is 2.43. The summed E-state index contributed by atoms with van der Waals surface area (Å²) < 4.78 is 5.05. The van der Waals surface area contributed by atoms with Crippen LogP contribution in [-0.4, -0.2) is 27.2 Å². The largest absolute Gasteiger partial charge is 0.481 e. The molecule has 0 atom stereocenters. The van der Waals surface area contributed by atoms with E-state index < -0.39 is 18.3 Å². The number of carbonyl (C=O) groups is 2. The highest BCUT2D eigenvalue weighted by Crippen LogP contribution is 2.23. The molecule has 0 aliphatic rings. The molecule has 0 spiro atoms. The van der Waals surface area contributed by atoms with Crippen molar-refractivity contribution < 1.29 is 19.1 Å². The Kier molecular flexibility index (Phi) is 3.56. The van der Waals surface area contributed by atoms with Crippen molar-refractivity contribution in [3.05, 3.63) is 30.2 Å². The Balaban J connectivity index is 2.23. The molecule has 0 aliphatic heterocycles. The Hall–Kier alpha value is -2.70. The van der Waals surface area contributed by atoms with Gasteiger partial charge in [-0.05, 0) is 24.6 Å². The van der Waals surface area contributed by atoms with E-state index in [0.29, 0.717) is 17.1 Å². The molecular weight excluding hydrogens is 250 g/mol. The number of aromatic nitrogens is 2. The molecule has 19 heavy (non-hydrogen) atoms. The number of carboxylic acid groups (broad SMARTS) is 1. The van der Waals surface area contributed by atoms with Crippen LogP contribution in [0.3, 0.4) is 0 Å². The molecule has 1 heterocycles. The topological polar surface area (TPSA) is 105 Å². The van der Waals surface area contributed by atoms with Crippen LogP contribution in [0.1, 0.15) is 12.0 Å². The fraction of sp³-hybridized carbons (Fsp3) is 0.167. The summed E-state index contributed by atoms with van der Waals surface area (Å²) in [5, 5.41) is 18.4. The maximum Gasteiger partial charge on any atom is 0.312 e.